The van der Waals surface area contributed by atoms with Crippen LogP contribution in [0, 0.1) is 17.5 Å². The lowest BCUT2D eigenvalue weighted by Gasteiger charge is -2.34. The van der Waals surface area contributed by atoms with Crippen LogP contribution in [0.15, 0.2) is 41.3 Å². The summed E-state index contributed by atoms with van der Waals surface area (Å²) in [6.07, 6.45) is 0. The number of hydrogen-bond donors (Lipinski definition) is 0. The summed E-state index contributed by atoms with van der Waals surface area (Å²) in [5.41, 5.74) is 0.747. The van der Waals surface area contributed by atoms with E-state index in [4.69, 9.17) is 4.74 Å². The van der Waals surface area contributed by atoms with Gasteiger partial charge in [0.2, 0.25) is 10.0 Å². The molecule has 1 fully saturated rings. The van der Waals surface area contributed by atoms with Crippen LogP contribution in [0.4, 0.5) is 13.2 Å². The van der Waals surface area contributed by atoms with Crippen LogP contribution in [-0.2, 0) is 16.6 Å². The molecule has 1 aliphatic heterocycles. The Morgan fingerprint density at radius 1 is 0.963 bits per heavy atom. The first-order chi connectivity index (χ1) is 12.8. The minimum Gasteiger partial charge on any atom is -0.494 e. The summed E-state index contributed by atoms with van der Waals surface area (Å²) in [6.45, 7) is 1.66. The van der Waals surface area contributed by atoms with Gasteiger partial charge in [0.05, 0.1) is 12.0 Å². The summed E-state index contributed by atoms with van der Waals surface area (Å²) < 4.78 is 71.7. The maximum Gasteiger partial charge on any atom is 0.243 e. The van der Waals surface area contributed by atoms with E-state index in [1.165, 1.54) is 17.5 Å². The second-order valence-corrected chi connectivity index (χ2v) is 8.19. The molecule has 0 atom stereocenters. The molecule has 2 aromatic rings. The van der Waals surface area contributed by atoms with Crippen molar-refractivity contribution in [3.63, 3.8) is 0 Å². The Hall–Kier alpha value is -2.10. The number of nitrogens with zero attached hydrogens (tertiary/aromatic N) is 2. The Labute approximate surface area is 156 Å². The molecule has 0 N–H and O–H groups in total. The molecule has 1 saturated heterocycles. The van der Waals surface area contributed by atoms with Crippen LogP contribution in [0.1, 0.15) is 5.56 Å². The first-order valence-electron chi connectivity index (χ1n) is 8.30. The van der Waals surface area contributed by atoms with Crippen molar-refractivity contribution in [2.75, 3.05) is 33.3 Å². The van der Waals surface area contributed by atoms with Crippen LogP contribution >= 0.6 is 0 Å². The average Bonchev–Trinajstić information content (AvgIpc) is 2.61. The molecule has 5 nitrogen and oxygen atoms in total. The standard InChI is InChI=1S/C18H19F3N2O3S/c1-26-18-3-2-13(8-17(18)21)12-22-4-6-23(7-5-22)27(24,25)16-10-14(19)9-15(20)11-16/h2-3,8-11H,4-7,12H2,1H3. The topological polar surface area (TPSA) is 49.9 Å². The van der Waals surface area contributed by atoms with Gasteiger partial charge in [0.25, 0.3) is 0 Å². The largest absolute Gasteiger partial charge is 0.494 e. The third-order valence-electron chi connectivity index (χ3n) is 4.43. The Balaban J connectivity index is 1.65. The van der Waals surface area contributed by atoms with Crippen LogP contribution in [-0.4, -0.2) is 50.9 Å². The predicted octanol–water partition coefficient (Wildman–Crippen LogP) is 2.62. The van der Waals surface area contributed by atoms with Gasteiger partial charge >= 0.3 is 0 Å². The minimum atomic E-state index is -3.97. The van der Waals surface area contributed by atoms with Crippen LogP contribution in [0.5, 0.6) is 5.75 Å². The number of halogens is 3. The van der Waals surface area contributed by atoms with Gasteiger partial charge in [-0.1, -0.05) is 6.07 Å². The van der Waals surface area contributed by atoms with Gasteiger partial charge in [-0.25, -0.2) is 21.6 Å². The van der Waals surface area contributed by atoms with E-state index in [1.807, 2.05) is 4.90 Å². The molecule has 1 heterocycles. The van der Waals surface area contributed by atoms with Gasteiger partial charge in [0.1, 0.15) is 11.6 Å². The number of rotatable bonds is 5. The number of benzene rings is 2. The third kappa shape index (κ3) is 4.42. The van der Waals surface area contributed by atoms with Crippen LogP contribution in [0.3, 0.4) is 0 Å². The fourth-order valence-corrected chi connectivity index (χ4v) is 4.49. The monoisotopic (exact) mass is 400 g/mol. The number of hydrogen-bond acceptors (Lipinski definition) is 4. The molecule has 0 bridgehead atoms. The van der Waals surface area contributed by atoms with E-state index < -0.39 is 32.4 Å². The summed E-state index contributed by atoms with van der Waals surface area (Å²) in [6, 6.07) is 6.93. The first kappa shape index (κ1) is 19.7. The van der Waals surface area contributed by atoms with E-state index in [9.17, 15) is 21.6 Å². The highest BCUT2D eigenvalue weighted by Gasteiger charge is 2.29. The van der Waals surface area contributed by atoms with Gasteiger partial charge in [-0.05, 0) is 29.8 Å². The fraction of sp³-hybridized carbons (Fsp3) is 0.333. The summed E-state index contributed by atoms with van der Waals surface area (Å²) in [4.78, 5) is 1.59. The molecule has 1 aliphatic rings. The molecule has 3 rings (SSSR count). The Bertz CT molecular complexity index is 909. The van der Waals surface area contributed by atoms with Crippen molar-refractivity contribution in [1.82, 2.24) is 9.21 Å². The first-order valence-corrected chi connectivity index (χ1v) is 9.74. The van der Waals surface area contributed by atoms with Gasteiger partial charge in [-0.2, -0.15) is 4.31 Å². The Morgan fingerprint density at radius 3 is 2.15 bits per heavy atom. The summed E-state index contributed by atoms with van der Waals surface area (Å²) in [7, 11) is -2.58. The molecule has 0 amide bonds. The smallest absolute Gasteiger partial charge is 0.243 e. The summed E-state index contributed by atoms with van der Waals surface area (Å²) >= 11 is 0. The van der Waals surface area contributed by atoms with Crippen molar-refractivity contribution >= 4 is 10.0 Å². The summed E-state index contributed by atoms with van der Waals surface area (Å²) in [5, 5.41) is 0. The summed E-state index contributed by atoms with van der Waals surface area (Å²) in [5.74, 6) is -2.16. The number of ether oxygens (including phenoxy) is 1. The normalized spacial score (nSPS) is 16.4. The zero-order valence-electron chi connectivity index (χ0n) is 14.7. The molecule has 0 radical (unpaired) electrons. The molecule has 2 aromatic carbocycles. The molecule has 9 heteroatoms. The van der Waals surface area contributed by atoms with E-state index in [1.54, 1.807) is 12.1 Å². The SMILES string of the molecule is COc1ccc(CN2CCN(S(=O)(=O)c3cc(F)cc(F)c3)CC2)cc1F. The van der Waals surface area contributed by atoms with Crippen molar-refractivity contribution in [2.24, 2.45) is 0 Å². The van der Waals surface area contributed by atoms with E-state index in [-0.39, 0.29) is 18.8 Å². The zero-order chi connectivity index (χ0) is 19.6. The van der Waals surface area contributed by atoms with Gasteiger partial charge in [0, 0.05) is 38.8 Å². The van der Waals surface area contributed by atoms with Gasteiger partial charge in [-0.3, -0.25) is 4.90 Å². The number of piperazine rings is 1. The third-order valence-corrected chi connectivity index (χ3v) is 6.30. The molecule has 0 spiro atoms. The van der Waals surface area contributed by atoms with Gasteiger partial charge in [-0.15, -0.1) is 0 Å². The van der Waals surface area contributed by atoms with Crippen molar-refractivity contribution in [2.45, 2.75) is 11.4 Å². The molecule has 0 aromatic heterocycles. The van der Waals surface area contributed by atoms with Crippen LogP contribution < -0.4 is 4.74 Å². The Kier molecular flexibility index (Phi) is 5.73. The van der Waals surface area contributed by atoms with E-state index in [0.29, 0.717) is 25.7 Å². The highest BCUT2D eigenvalue weighted by Crippen LogP contribution is 2.22. The number of sulfonamides is 1. The van der Waals surface area contributed by atoms with Gasteiger partial charge < -0.3 is 4.74 Å². The lowest BCUT2D eigenvalue weighted by Crippen LogP contribution is -2.48. The van der Waals surface area contributed by atoms with Crippen LogP contribution in [0.25, 0.3) is 0 Å². The maximum absolute atomic E-state index is 13.8. The van der Waals surface area contributed by atoms with E-state index in [0.717, 1.165) is 17.7 Å². The second-order valence-electron chi connectivity index (χ2n) is 6.25. The molecular weight excluding hydrogens is 381 g/mol. The van der Waals surface area contributed by atoms with Crippen molar-refractivity contribution in [3.8, 4) is 5.75 Å². The highest BCUT2D eigenvalue weighted by atomic mass is 32.2. The average molecular weight is 400 g/mol. The second kappa shape index (κ2) is 7.87. The van der Waals surface area contributed by atoms with Crippen molar-refractivity contribution < 1.29 is 26.3 Å². The van der Waals surface area contributed by atoms with Crippen molar-refractivity contribution in [3.05, 3.63) is 59.4 Å². The molecule has 27 heavy (non-hydrogen) atoms. The molecule has 146 valence electrons. The minimum absolute atomic E-state index is 0.164. The maximum atomic E-state index is 13.8. The zero-order valence-corrected chi connectivity index (χ0v) is 15.5. The molecule has 0 saturated carbocycles. The predicted molar refractivity (Wildman–Crippen MR) is 93.3 cm³/mol. The number of methoxy groups -OCH3 is 1. The highest BCUT2D eigenvalue weighted by molar-refractivity contribution is 7.89. The molecular formula is C18H19F3N2O3S. The fourth-order valence-electron chi connectivity index (χ4n) is 3.02. The lowest BCUT2D eigenvalue weighted by atomic mass is 10.2. The molecule has 0 aliphatic carbocycles. The van der Waals surface area contributed by atoms with E-state index >= 15 is 0 Å². The lowest BCUT2D eigenvalue weighted by molar-refractivity contribution is 0.181. The molecule has 0 unspecified atom stereocenters. The van der Waals surface area contributed by atoms with E-state index in [2.05, 4.69) is 0 Å². The quantitative estimate of drug-likeness (QED) is 0.774. The van der Waals surface area contributed by atoms with Gasteiger partial charge in [0.15, 0.2) is 11.6 Å². The van der Waals surface area contributed by atoms with Crippen LogP contribution in [0.2, 0.25) is 0 Å². The van der Waals surface area contributed by atoms with Crippen molar-refractivity contribution in [1.29, 1.82) is 0 Å². The Morgan fingerprint density at radius 2 is 1.59 bits per heavy atom.